The smallest absolute Gasteiger partial charge is 0.231 e. The topological polar surface area (TPSA) is 46.9 Å². The molecule has 1 N–H and O–H groups in total. The van der Waals surface area contributed by atoms with Gasteiger partial charge in [-0.05, 0) is 18.2 Å². The molecule has 0 bridgehead atoms. The molecular formula is C12H12FN3O. The number of aromatic nitrogens is 2. The number of imidazole rings is 1. The summed E-state index contributed by atoms with van der Waals surface area (Å²) in [6.07, 6.45) is 3.57. The number of hydrogen-bond donors (Lipinski definition) is 1. The van der Waals surface area contributed by atoms with E-state index in [-0.39, 0.29) is 18.1 Å². The van der Waals surface area contributed by atoms with Gasteiger partial charge in [-0.15, -0.1) is 0 Å². The van der Waals surface area contributed by atoms with Crippen LogP contribution in [-0.2, 0) is 18.3 Å². The number of anilines is 1. The highest BCUT2D eigenvalue weighted by atomic mass is 19.1. The molecule has 4 nitrogen and oxygen atoms in total. The van der Waals surface area contributed by atoms with E-state index >= 15 is 0 Å². The molecule has 1 amide bonds. The Kier molecular flexibility index (Phi) is 3.18. The molecule has 2 rings (SSSR count). The van der Waals surface area contributed by atoms with E-state index in [4.69, 9.17) is 0 Å². The normalized spacial score (nSPS) is 10.2. The Morgan fingerprint density at radius 3 is 3.00 bits per heavy atom. The number of nitrogens with one attached hydrogen (secondary N) is 1. The summed E-state index contributed by atoms with van der Waals surface area (Å²) in [6.45, 7) is 0. The van der Waals surface area contributed by atoms with Crippen molar-refractivity contribution in [2.45, 2.75) is 6.42 Å². The molecule has 0 radical (unpaired) electrons. The molecule has 0 aliphatic heterocycles. The fraction of sp³-hybridized carbons (Fsp3) is 0.167. The SMILES string of the molecule is Cn1ccnc1CC(=O)Nc1cccc(F)c1. The van der Waals surface area contributed by atoms with Gasteiger partial charge in [0.1, 0.15) is 11.6 Å². The Balaban J connectivity index is 2.01. The summed E-state index contributed by atoms with van der Waals surface area (Å²) in [4.78, 5) is 15.7. The molecule has 0 aliphatic carbocycles. The van der Waals surface area contributed by atoms with Crippen LogP contribution < -0.4 is 5.32 Å². The molecule has 0 atom stereocenters. The second kappa shape index (κ2) is 4.78. The summed E-state index contributed by atoms with van der Waals surface area (Å²) in [7, 11) is 1.82. The van der Waals surface area contributed by atoms with Crippen molar-refractivity contribution >= 4 is 11.6 Å². The fourth-order valence-corrected chi connectivity index (χ4v) is 1.48. The Morgan fingerprint density at radius 2 is 2.35 bits per heavy atom. The lowest BCUT2D eigenvalue weighted by atomic mass is 10.3. The van der Waals surface area contributed by atoms with Gasteiger partial charge in [-0.25, -0.2) is 9.37 Å². The van der Waals surface area contributed by atoms with E-state index in [1.807, 2.05) is 7.05 Å². The third-order valence-electron chi connectivity index (χ3n) is 2.35. The minimum atomic E-state index is -0.375. The van der Waals surface area contributed by atoms with Crippen molar-refractivity contribution in [2.75, 3.05) is 5.32 Å². The molecule has 1 aromatic heterocycles. The average molecular weight is 233 g/mol. The lowest BCUT2D eigenvalue weighted by Gasteiger charge is -2.05. The van der Waals surface area contributed by atoms with Crippen molar-refractivity contribution < 1.29 is 9.18 Å². The van der Waals surface area contributed by atoms with Gasteiger partial charge in [0.15, 0.2) is 0 Å². The lowest BCUT2D eigenvalue weighted by molar-refractivity contribution is -0.115. The maximum atomic E-state index is 12.9. The molecule has 0 saturated heterocycles. The van der Waals surface area contributed by atoms with Crippen LogP contribution in [0.4, 0.5) is 10.1 Å². The van der Waals surface area contributed by atoms with Gasteiger partial charge in [0.25, 0.3) is 0 Å². The van der Waals surface area contributed by atoms with Crippen molar-refractivity contribution in [3.05, 3.63) is 48.3 Å². The highest BCUT2D eigenvalue weighted by Gasteiger charge is 2.07. The molecule has 0 saturated carbocycles. The number of aryl methyl sites for hydroxylation is 1. The van der Waals surface area contributed by atoms with Crippen molar-refractivity contribution in [1.82, 2.24) is 9.55 Å². The second-order valence-electron chi connectivity index (χ2n) is 3.69. The predicted molar refractivity (Wildman–Crippen MR) is 61.9 cm³/mol. The largest absolute Gasteiger partial charge is 0.338 e. The molecule has 2 aromatic rings. The van der Waals surface area contributed by atoms with E-state index in [0.717, 1.165) is 0 Å². The van der Waals surface area contributed by atoms with Crippen LogP contribution in [0.3, 0.4) is 0 Å². The molecule has 88 valence electrons. The zero-order valence-electron chi connectivity index (χ0n) is 9.35. The van der Waals surface area contributed by atoms with Crippen molar-refractivity contribution in [3.8, 4) is 0 Å². The quantitative estimate of drug-likeness (QED) is 0.877. The van der Waals surface area contributed by atoms with E-state index in [1.54, 1.807) is 29.1 Å². The number of carbonyl (C=O) groups excluding carboxylic acids is 1. The van der Waals surface area contributed by atoms with Crippen molar-refractivity contribution in [3.63, 3.8) is 0 Å². The van der Waals surface area contributed by atoms with Crippen LogP contribution in [0.1, 0.15) is 5.82 Å². The lowest BCUT2D eigenvalue weighted by Crippen LogP contribution is -2.16. The fourth-order valence-electron chi connectivity index (χ4n) is 1.48. The minimum absolute atomic E-state index is 0.167. The van der Waals surface area contributed by atoms with Crippen molar-refractivity contribution in [1.29, 1.82) is 0 Å². The first-order valence-electron chi connectivity index (χ1n) is 5.17. The molecular weight excluding hydrogens is 221 g/mol. The number of hydrogen-bond acceptors (Lipinski definition) is 2. The number of rotatable bonds is 3. The number of carbonyl (C=O) groups is 1. The maximum absolute atomic E-state index is 12.9. The van der Waals surface area contributed by atoms with E-state index < -0.39 is 0 Å². The van der Waals surface area contributed by atoms with E-state index in [2.05, 4.69) is 10.3 Å². The zero-order valence-corrected chi connectivity index (χ0v) is 9.35. The highest BCUT2D eigenvalue weighted by Crippen LogP contribution is 2.09. The van der Waals surface area contributed by atoms with Crippen LogP contribution in [0.25, 0.3) is 0 Å². The summed E-state index contributed by atoms with van der Waals surface area (Å²) >= 11 is 0. The summed E-state index contributed by atoms with van der Waals surface area (Å²) < 4.78 is 14.7. The molecule has 0 spiro atoms. The first kappa shape index (κ1) is 11.3. The number of amides is 1. The van der Waals surface area contributed by atoms with Gasteiger partial charge in [-0.1, -0.05) is 6.07 Å². The molecule has 0 unspecified atom stereocenters. The first-order chi connectivity index (χ1) is 8.15. The second-order valence-corrected chi connectivity index (χ2v) is 3.69. The van der Waals surface area contributed by atoms with Gasteiger partial charge < -0.3 is 9.88 Å². The first-order valence-corrected chi connectivity index (χ1v) is 5.17. The Morgan fingerprint density at radius 1 is 1.53 bits per heavy atom. The Hall–Kier alpha value is -2.17. The Labute approximate surface area is 98.1 Å². The van der Waals surface area contributed by atoms with Crippen LogP contribution in [0.15, 0.2) is 36.7 Å². The zero-order chi connectivity index (χ0) is 12.3. The van der Waals surface area contributed by atoms with Gasteiger partial charge in [-0.2, -0.15) is 0 Å². The predicted octanol–water partition coefficient (Wildman–Crippen LogP) is 1.74. The molecule has 1 heterocycles. The third kappa shape index (κ3) is 2.90. The van der Waals surface area contributed by atoms with Gasteiger partial charge in [0.05, 0.1) is 6.42 Å². The van der Waals surface area contributed by atoms with E-state index in [1.165, 1.54) is 12.1 Å². The molecule has 0 aliphatic rings. The van der Waals surface area contributed by atoms with Crippen LogP contribution >= 0.6 is 0 Å². The van der Waals surface area contributed by atoms with Crippen LogP contribution in [0, 0.1) is 5.82 Å². The van der Waals surface area contributed by atoms with Gasteiger partial charge in [0.2, 0.25) is 5.91 Å². The number of halogens is 1. The summed E-state index contributed by atoms with van der Waals surface area (Å²) in [5.41, 5.74) is 0.448. The third-order valence-corrected chi connectivity index (χ3v) is 2.35. The summed E-state index contributed by atoms with van der Waals surface area (Å²) in [6, 6.07) is 5.79. The maximum Gasteiger partial charge on any atom is 0.231 e. The van der Waals surface area contributed by atoms with Gasteiger partial charge in [-0.3, -0.25) is 4.79 Å². The van der Waals surface area contributed by atoms with Crippen molar-refractivity contribution in [2.24, 2.45) is 7.05 Å². The summed E-state index contributed by atoms with van der Waals surface area (Å²) in [5, 5.41) is 2.62. The highest BCUT2D eigenvalue weighted by molar-refractivity contribution is 5.91. The summed E-state index contributed by atoms with van der Waals surface area (Å²) in [5.74, 6) is 0.0728. The standard InChI is InChI=1S/C12H12FN3O/c1-16-6-5-14-11(16)8-12(17)15-10-4-2-3-9(13)7-10/h2-7H,8H2,1H3,(H,15,17). The number of nitrogens with zero attached hydrogens (tertiary/aromatic N) is 2. The molecule has 17 heavy (non-hydrogen) atoms. The molecule has 1 aromatic carbocycles. The van der Waals surface area contributed by atoms with E-state index in [0.29, 0.717) is 11.5 Å². The molecule has 0 fully saturated rings. The van der Waals surface area contributed by atoms with Gasteiger partial charge in [0, 0.05) is 25.1 Å². The number of benzene rings is 1. The van der Waals surface area contributed by atoms with Crippen LogP contribution in [0.2, 0.25) is 0 Å². The van der Waals surface area contributed by atoms with Crippen LogP contribution in [-0.4, -0.2) is 15.5 Å². The average Bonchev–Trinajstić information content (AvgIpc) is 2.64. The van der Waals surface area contributed by atoms with Crippen LogP contribution in [0.5, 0.6) is 0 Å². The minimum Gasteiger partial charge on any atom is -0.338 e. The monoisotopic (exact) mass is 233 g/mol. The van der Waals surface area contributed by atoms with Gasteiger partial charge >= 0.3 is 0 Å². The van der Waals surface area contributed by atoms with E-state index in [9.17, 15) is 9.18 Å². The molecule has 5 heteroatoms. The Bertz CT molecular complexity index is 536.